The molecule has 1 aromatic rings. The van der Waals surface area contributed by atoms with Gasteiger partial charge < -0.3 is 10.1 Å². The molecular weight excluding hydrogens is 222 g/mol. The predicted octanol–water partition coefficient (Wildman–Crippen LogP) is 3.94. The molecule has 2 rings (SSSR count). The molecule has 0 atom stereocenters. The lowest BCUT2D eigenvalue weighted by Crippen LogP contribution is -2.40. The maximum absolute atomic E-state index is 5.27. The average Bonchev–Trinajstić information content (AvgIpc) is 2.39. The maximum atomic E-state index is 5.27. The molecule has 2 heteroatoms. The Morgan fingerprint density at radius 3 is 2.67 bits per heavy atom. The molecule has 1 aliphatic rings. The second-order valence-corrected chi connectivity index (χ2v) is 4.91. The number of ether oxygens (including phenoxy) is 1. The van der Waals surface area contributed by atoms with Crippen LogP contribution >= 0.6 is 0 Å². The first-order valence-corrected chi connectivity index (χ1v) is 6.40. The molecule has 0 aliphatic carbocycles. The van der Waals surface area contributed by atoms with Crippen molar-refractivity contribution in [3.8, 4) is 5.75 Å². The molecule has 0 fully saturated rings. The zero-order valence-corrected chi connectivity index (χ0v) is 11.0. The van der Waals surface area contributed by atoms with Crippen LogP contribution in [0, 0.1) is 0 Å². The predicted molar refractivity (Wildman–Crippen MR) is 77.3 cm³/mol. The molecule has 0 saturated carbocycles. The number of methoxy groups -OCH3 is 1. The number of hydrogen-bond acceptors (Lipinski definition) is 2. The Labute approximate surface area is 109 Å². The molecule has 18 heavy (non-hydrogen) atoms. The fraction of sp³-hybridized carbons (Fsp3) is 0.375. The monoisotopic (exact) mass is 243 g/mol. The zero-order valence-electron chi connectivity index (χ0n) is 11.0. The van der Waals surface area contributed by atoms with Gasteiger partial charge in [-0.3, -0.25) is 0 Å². The molecule has 96 valence electrons. The van der Waals surface area contributed by atoms with Crippen LogP contribution in [0.25, 0.3) is 0 Å². The van der Waals surface area contributed by atoms with Crippen LogP contribution in [0.4, 0.5) is 5.69 Å². The number of anilines is 1. The number of nitrogens with one attached hydrogen (secondary N) is 1. The van der Waals surface area contributed by atoms with Crippen molar-refractivity contribution < 1.29 is 4.74 Å². The second kappa shape index (κ2) is 5.30. The van der Waals surface area contributed by atoms with Crippen LogP contribution in [0.15, 0.2) is 43.5 Å². The van der Waals surface area contributed by atoms with Gasteiger partial charge in [-0.2, -0.15) is 0 Å². The number of aryl methyl sites for hydroxylation is 1. The van der Waals surface area contributed by atoms with Crippen LogP contribution in [0.2, 0.25) is 0 Å². The minimum atomic E-state index is 0.0884. The normalized spacial score (nSPS) is 16.3. The van der Waals surface area contributed by atoms with Crippen LogP contribution in [-0.4, -0.2) is 12.6 Å². The smallest absolute Gasteiger partial charge is 0.119 e. The van der Waals surface area contributed by atoms with E-state index < -0.39 is 0 Å². The third-order valence-corrected chi connectivity index (χ3v) is 3.66. The van der Waals surface area contributed by atoms with Gasteiger partial charge in [-0.05, 0) is 49.4 Å². The summed E-state index contributed by atoms with van der Waals surface area (Å²) in [6, 6.07) is 6.23. The summed E-state index contributed by atoms with van der Waals surface area (Å²) < 4.78 is 5.27. The van der Waals surface area contributed by atoms with Crippen LogP contribution < -0.4 is 10.1 Å². The number of fused-ring (bicyclic) bond motifs is 1. The summed E-state index contributed by atoms with van der Waals surface area (Å²) in [5.41, 5.74) is 2.63. The van der Waals surface area contributed by atoms with Crippen LogP contribution in [0.3, 0.4) is 0 Å². The molecule has 0 unspecified atom stereocenters. The lowest BCUT2D eigenvalue weighted by molar-refractivity contribution is 0.408. The van der Waals surface area contributed by atoms with Gasteiger partial charge in [0.05, 0.1) is 7.11 Å². The molecule has 2 nitrogen and oxygen atoms in total. The Morgan fingerprint density at radius 1 is 1.33 bits per heavy atom. The molecule has 0 bridgehead atoms. The summed E-state index contributed by atoms with van der Waals surface area (Å²) in [6.07, 6.45) is 8.08. The van der Waals surface area contributed by atoms with Gasteiger partial charge in [-0.15, -0.1) is 13.2 Å². The van der Waals surface area contributed by atoms with Gasteiger partial charge in [0.15, 0.2) is 0 Å². The number of rotatable bonds is 5. The van der Waals surface area contributed by atoms with Gasteiger partial charge in [0.1, 0.15) is 5.75 Å². The minimum absolute atomic E-state index is 0.0884. The van der Waals surface area contributed by atoms with Crippen molar-refractivity contribution in [3.05, 3.63) is 49.1 Å². The van der Waals surface area contributed by atoms with E-state index in [2.05, 4.69) is 30.6 Å². The highest BCUT2D eigenvalue weighted by Gasteiger charge is 2.31. The average molecular weight is 243 g/mol. The molecule has 0 aromatic heterocycles. The topological polar surface area (TPSA) is 21.3 Å². The highest BCUT2D eigenvalue weighted by molar-refractivity contribution is 5.58. The Balaban J connectivity index is 2.27. The second-order valence-electron chi connectivity index (χ2n) is 4.91. The molecule has 0 amide bonds. The van der Waals surface area contributed by atoms with Gasteiger partial charge >= 0.3 is 0 Å². The summed E-state index contributed by atoms with van der Waals surface area (Å²) >= 11 is 0. The van der Waals surface area contributed by atoms with Crippen LogP contribution in [0.5, 0.6) is 5.75 Å². The van der Waals surface area contributed by atoms with Crippen molar-refractivity contribution in [1.29, 1.82) is 0 Å². The fourth-order valence-corrected chi connectivity index (χ4v) is 2.69. The van der Waals surface area contributed by atoms with E-state index in [1.54, 1.807) is 7.11 Å². The molecule has 1 N–H and O–H groups in total. The third kappa shape index (κ3) is 2.42. The maximum Gasteiger partial charge on any atom is 0.119 e. The van der Waals surface area contributed by atoms with E-state index in [0.29, 0.717) is 0 Å². The number of benzene rings is 1. The van der Waals surface area contributed by atoms with Crippen molar-refractivity contribution in [2.75, 3.05) is 12.4 Å². The summed E-state index contributed by atoms with van der Waals surface area (Å²) in [6.45, 7) is 7.74. The van der Waals surface area contributed by atoms with Gasteiger partial charge in [0.2, 0.25) is 0 Å². The summed E-state index contributed by atoms with van der Waals surface area (Å²) in [5.74, 6) is 0.926. The lowest BCUT2D eigenvalue weighted by Gasteiger charge is -2.39. The van der Waals surface area contributed by atoms with Gasteiger partial charge in [-0.25, -0.2) is 0 Å². The molecule has 1 heterocycles. The highest BCUT2D eigenvalue weighted by Crippen LogP contribution is 2.37. The summed E-state index contributed by atoms with van der Waals surface area (Å²) in [5, 5.41) is 3.67. The zero-order chi connectivity index (χ0) is 13.0. The third-order valence-electron chi connectivity index (χ3n) is 3.66. The minimum Gasteiger partial charge on any atom is -0.497 e. The van der Waals surface area contributed by atoms with Crippen molar-refractivity contribution >= 4 is 5.69 Å². The first-order chi connectivity index (χ1) is 8.73. The Hall–Kier alpha value is -1.70. The van der Waals surface area contributed by atoms with E-state index in [9.17, 15) is 0 Å². The van der Waals surface area contributed by atoms with E-state index in [1.165, 1.54) is 11.3 Å². The Bertz CT molecular complexity index is 440. The Kier molecular flexibility index (Phi) is 3.75. The van der Waals surface area contributed by atoms with Gasteiger partial charge in [0, 0.05) is 11.2 Å². The molecule has 0 saturated heterocycles. The number of hydrogen-bond donors (Lipinski definition) is 1. The van der Waals surface area contributed by atoms with Crippen molar-refractivity contribution in [3.63, 3.8) is 0 Å². The van der Waals surface area contributed by atoms with Crippen molar-refractivity contribution in [1.82, 2.24) is 0 Å². The molecule has 0 spiro atoms. The van der Waals surface area contributed by atoms with E-state index in [-0.39, 0.29) is 5.54 Å². The molecule has 1 aromatic carbocycles. The first-order valence-electron chi connectivity index (χ1n) is 6.40. The van der Waals surface area contributed by atoms with Crippen molar-refractivity contribution in [2.45, 2.75) is 31.2 Å². The van der Waals surface area contributed by atoms with E-state index >= 15 is 0 Å². The molecule has 0 radical (unpaired) electrons. The van der Waals surface area contributed by atoms with Gasteiger partial charge in [0.25, 0.3) is 0 Å². The van der Waals surface area contributed by atoms with Gasteiger partial charge in [-0.1, -0.05) is 12.2 Å². The van der Waals surface area contributed by atoms with Crippen LogP contribution in [-0.2, 0) is 6.42 Å². The largest absolute Gasteiger partial charge is 0.497 e. The fourth-order valence-electron chi connectivity index (χ4n) is 2.69. The quantitative estimate of drug-likeness (QED) is 0.791. The molecular formula is C16H21NO. The summed E-state index contributed by atoms with van der Waals surface area (Å²) in [4.78, 5) is 0. The lowest BCUT2D eigenvalue weighted by atomic mass is 9.81. The Morgan fingerprint density at radius 2 is 2.06 bits per heavy atom. The first kappa shape index (κ1) is 12.7. The molecule has 1 aliphatic heterocycles. The van der Waals surface area contributed by atoms with Crippen LogP contribution in [0.1, 0.15) is 24.8 Å². The van der Waals surface area contributed by atoms with Crippen molar-refractivity contribution in [2.24, 2.45) is 0 Å². The SMILES string of the molecule is C=CCC1(CC=C)CCc2cc(OC)ccc2N1. The van der Waals surface area contributed by atoms with E-state index in [4.69, 9.17) is 4.74 Å². The summed E-state index contributed by atoms with van der Waals surface area (Å²) in [7, 11) is 1.71. The van der Waals surface area contributed by atoms with E-state index in [0.717, 1.165) is 31.4 Å². The highest BCUT2D eigenvalue weighted by atomic mass is 16.5. The van der Waals surface area contributed by atoms with E-state index in [1.807, 2.05) is 18.2 Å². The standard InChI is InChI=1S/C16H21NO/c1-4-9-16(10-5-2)11-8-13-12-14(18-3)6-7-15(13)17-16/h4-7,12,17H,1-2,8-11H2,3H3.